The number of nitrogens with zero attached hydrogens (tertiary/aromatic N) is 4. The van der Waals surface area contributed by atoms with E-state index in [1.54, 1.807) is 12.4 Å². The van der Waals surface area contributed by atoms with Crippen molar-refractivity contribution in [3.05, 3.63) is 29.3 Å². The van der Waals surface area contributed by atoms with Crippen LogP contribution in [0.5, 0.6) is 0 Å². The lowest BCUT2D eigenvalue weighted by atomic mass is 10.5. The molecule has 84 valence electrons. The highest BCUT2D eigenvalue weighted by molar-refractivity contribution is 7.17. The number of aryl methyl sites for hydroxylation is 1. The Morgan fingerprint density at radius 3 is 2.94 bits per heavy atom. The van der Waals surface area contributed by atoms with E-state index in [1.807, 2.05) is 29.8 Å². The third kappa shape index (κ3) is 2.11. The van der Waals surface area contributed by atoms with Crippen LogP contribution in [0.1, 0.15) is 15.5 Å². The molecule has 0 fully saturated rings. The van der Waals surface area contributed by atoms with E-state index in [1.165, 1.54) is 11.3 Å². The molecule has 0 aromatic carbocycles. The van der Waals surface area contributed by atoms with Crippen LogP contribution in [0.2, 0.25) is 0 Å². The molecule has 2 aromatic rings. The molecule has 0 atom stereocenters. The lowest BCUT2D eigenvalue weighted by Gasteiger charge is -2.14. The predicted molar refractivity (Wildman–Crippen MR) is 62.8 cm³/mol. The highest BCUT2D eigenvalue weighted by atomic mass is 32.1. The molecule has 0 aliphatic rings. The van der Waals surface area contributed by atoms with E-state index in [0.717, 1.165) is 17.2 Å². The van der Waals surface area contributed by atoms with Gasteiger partial charge in [-0.3, -0.25) is 4.79 Å². The van der Waals surface area contributed by atoms with E-state index >= 15 is 0 Å². The SMILES string of the molecule is CN(Cc1nccn1C)c1ncc(C=O)s1. The molecule has 0 bridgehead atoms. The fourth-order valence-corrected chi connectivity index (χ4v) is 2.03. The molecule has 0 radical (unpaired) electrons. The summed E-state index contributed by atoms with van der Waals surface area (Å²) in [6, 6.07) is 0. The van der Waals surface area contributed by atoms with Crippen molar-refractivity contribution >= 4 is 22.8 Å². The van der Waals surface area contributed by atoms with E-state index in [2.05, 4.69) is 9.97 Å². The largest absolute Gasteiger partial charge is 0.344 e. The van der Waals surface area contributed by atoms with Gasteiger partial charge in [0.15, 0.2) is 11.4 Å². The van der Waals surface area contributed by atoms with Gasteiger partial charge in [0.1, 0.15) is 5.82 Å². The monoisotopic (exact) mass is 236 g/mol. The summed E-state index contributed by atoms with van der Waals surface area (Å²) in [4.78, 5) is 21.6. The third-order valence-corrected chi connectivity index (χ3v) is 3.29. The van der Waals surface area contributed by atoms with Crippen molar-refractivity contribution in [2.24, 2.45) is 7.05 Å². The standard InChI is InChI=1S/C10H12N4OS/c1-13-4-3-11-9(13)6-14(2)10-12-5-8(7-15)16-10/h3-5,7H,6H2,1-2H3. The quantitative estimate of drug-likeness (QED) is 0.751. The summed E-state index contributed by atoms with van der Waals surface area (Å²) in [5.74, 6) is 0.963. The molecule has 0 aliphatic carbocycles. The second-order valence-corrected chi connectivity index (χ2v) is 4.51. The topological polar surface area (TPSA) is 51.0 Å². The second-order valence-electron chi connectivity index (χ2n) is 3.47. The maximum absolute atomic E-state index is 10.5. The molecule has 5 nitrogen and oxygen atoms in total. The Morgan fingerprint density at radius 2 is 2.38 bits per heavy atom. The molecule has 0 aliphatic heterocycles. The maximum Gasteiger partial charge on any atom is 0.186 e. The van der Waals surface area contributed by atoms with Crippen LogP contribution in [-0.4, -0.2) is 27.9 Å². The first-order valence-electron chi connectivity index (χ1n) is 4.79. The smallest absolute Gasteiger partial charge is 0.186 e. The van der Waals surface area contributed by atoms with Crippen molar-refractivity contribution in [1.82, 2.24) is 14.5 Å². The summed E-state index contributed by atoms with van der Waals surface area (Å²) in [6.45, 7) is 0.676. The van der Waals surface area contributed by atoms with Gasteiger partial charge in [0.25, 0.3) is 0 Å². The molecule has 2 rings (SSSR count). The molecule has 0 N–H and O–H groups in total. The highest BCUT2D eigenvalue weighted by Crippen LogP contribution is 2.21. The first-order valence-corrected chi connectivity index (χ1v) is 5.60. The Morgan fingerprint density at radius 1 is 1.56 bits per heavy atom. The van der Waals surface area contributed by atoms with Crippen molar-refractivity contribution in [2.75, 3.05) is 11.9 Å². The number of rotatable bonds is 4. The van der Waals surface area contributed by atoms with E-state index in [0.29, 0.717) is 11.4 Å². The predicted octanol–water partition coefficient (Wildman–Crippen LogP) is 1.33. The number of hydrogen-bond donors (Lipinski definition) is 0. The number of anilines is 1. The molecule has 0 saturated carbocycles. The Labute approximate surface area is 97.4 Å². The van der Waals surface area contributed by atoms with Crippen LogP contribution in [0.3, 0.4) is 0 Å². The number of thiazole rings is 1. The minimum absolute atomic E-state index is 0.640. The summed E-state index contributed by atoms with van der Waals surface area (Å²) >= 11 is 1.38. The normalized spacial score (nSPS) is 10.4. The molecule has 2 heterocycles. The molecule has 0 saturated heterocycles. The van der Waals surface area contributed by atoms with Crippen LogP contribution < -0.4 is 4.90 Å². The fraction of sp³-hybridized carbons (Fsp3) is 0.300. The number of hydrogen-bond acceptors (Lipinski definition) is 5. The van der Waals surface area contributed by atoms with E-state index in [4.69, 9.17) is 0 Å². The van der Waals surface area contributed by atoms with Crippen molar-refractivity contribution < 1.29 is 4.79 Å². The van der Waals surface area contributed by atoms with Gasteiger partial charge in [0.05, 0.1) is 17.6 Å². The van der Waals surface area contributed by atoms with Gasteiger partial charge < -0.3 is 9.47 Å². The minimum Gasteiger partial charge on any atom is -0.344 e. The Hall–Kier alpha value is -1.69. The first-order chi connectivity index (χ1) is 7.70. The number of carbonyl (C=O) groups excluding carboxylic acids is 1. The average molecular weight is 236 g/mol. The van der Waals surface area contributed by atoms with Crippen LogP contribution >= 0.6 is 11.3 Å². The highest BCUT2D eigenvalue weighted by Gasteiger charge is 2.09. The molecule has 0 amide bonds. The van der Waals surface area contributed by atoms with Crippen LogP contribution in [0, 0.1) is 0 Å². The van der Waals surface area contributed by atoms with Crippen LogP contribution in [0.25, 0.3) is 0 Å². The van der Waals surface area contributed by atoms with Gasteiger partial charge in [-0.15, -0.1) is 0 Å². The van der Waals surface area contributed by atoms with Gasteiger partial charge in [-0.25, -0.2) is 9.97 Å². The molecule has 0 unspecified atom stereocenters. The zero-order valence-electron chi connectivity index (χ0n) is 9.12. The van der Waals surface area contributed by atoms with E-state index in [9.17, 15) is 4.79 Å². The van der Waals surface area contributed by atoms with Crippen molar-refractivity contribution in [1.29, 1.82) is 0 Å². The van der Waals surface area contributed by atoms with Crippen LogP contribution in [0.15, 0.2) is 18.6 Å². The third-order valence-electron chi connectivity index (χ3n) is 2.25. The molecular formula is C10H12N4OS. The van der Waals surface area contributed by atoms with Crippen LogP contribution in [0.4, 0.5) is 5.13 Å². The number of carbonyl (C=O) groups is 1. The minimum atomic E-state index is 0.640. The second kappa shape index (κ2) is 4.44. The van der Waals surface area contributed by atoms with Gasteiger partial charge >= 0.3 is 0 Å². The number of aldehydes is 1. The van der Waals surface area contributed by atoms with Gasteiger partial charge in [0.2, 0.25) is 0 Å². The number of aromatic nitrogens is 3. The van der Waals surface area contributed by atoms with Gasteiger partial charge in [-0.05, 0) is 0 Å². The molecule has 16 heavy (non-hydrogen) atoms. The Bertz CT molecular complexity index is 490. The van der Waals surface area contributed by atoms with E-state index in [-0.39, 0.29) is 0 Å². The summed E-state index contributed by atoms with van der Waals surface area (Å²) < 4.78 is 1.96. The molecule has 6 heteroatoms. The summed E-state index contributed by atoms with van der Waals surface area (Å²) in [5.41, 5.74) is 0. The van der Waals surface area contributed by atoms with E-state index < -0.39 is 0 Å². The lowest BCUT2D eigenvalue weighted by Crippen LogP contribution is -2.18. The lowest BCUT2D eigenvalue weighted by molar-refractivity contribution is 0.112. The van der Waals surface area contributed by atoms with Gasteiger partial charge in [-0.2, -0.15) is 0 Å². The first kappa shape index (κ1) is 10.8. The fourth-order valence-electron chi connectivity index (χ4n) is 1.34. The zero-order chi connectivity index (χ0) is 11.5. The van der Waals surface area contributed by atoms with Gasteiger partial charge in [0, 0.05) is 26.5 Å². The zero-order valence-corrected chi connectivity index (χ0v) is 9.94. The van der Waals surface area contributed by atoms with Crippen molar-refractivity contribution in [2.45, 2.75) is 6.54 Å². The molecule has 2 aromatic heterocycles. The average Bonchev–Trinajstić information content (AvgIpc) is 2.88. The van der Waals surface area contributed by atoms with Crippen molar-refractivity contribution in [3.63, 3.8) is 0 Å². The molecule has 0 spiro atoms. The van der Waals surface area contributed by atoms with Crippen molar-refractivity contribution in [3.8, 4) is 0 Å². The van der Waals surface area contributed by atoms with Gasteiger partial charge in [-0.1, -0.05) is 11.3 Å². The summed E-state index contributed by atoms with van der Waals surface area (Å²) in [5, 5.41) is 0.824. The Balaban J connectivity index is 2.11. The van der Waals surface area contributed by atoms with Crippen LogP contribution in [-0.2, 0) is 13.6 Å². The summed E-state index contributed by atoms with van der Waals surface area (Å²) in [6.07, 6.45) is 6.07. The Kier molecular flexibility index (Phi) is 3.00. The summed E-state index contributed by atoms with van der Waals surface area (Å²) in [7, 11) is 3.89. The maximum atomic E-state index is 10.5. The molecular weight excluding hydrogens is 224 g/mol. The number of imidazole rings is 1.